The van der Waals surface area contributed by atoms with Crippen molar-refractivity contribution in [2.24, 2.45) is 11.3 Å². The first kappa shape index (κ1) is 23.8. The Kier molecular flexibility index (Phi) is 13.0. The predicted molar refractivity (Wildman–Crippen MR) is 103 cm³/mol. The summed E-state index contributed by atoms with van der Waals surface area (Å²) in [6.45, 7) is 18.2. The molecule has 0 aliphatic heterocycles. The summed E-state index contributed by atoms with van der Waals surface area (Å²) in [4.78, 5) is 0. The fourth-order valence-corrected chi connectivity index (χ4v) is 2.33. The van der Waals surface area contributed by atoms with Gasteiger partial charge in [0.15, 0.2) is 0 Å². The number of hydrogen-bond donors (Lipinski definition) is 1. The number of rotatable bonds is 14. The Morgan fingerprint density at radius 1 is 0.792 bits per heavy atom. The van der Waals surface area contributed by atoms with E-state index in [0.717, 1.165) is 52.4 Å². The molecule has 0 saturated heterocycles. The van der Waals surface area contributed by atoms with Gasteiger partial charge in [0.25, 0.3) is 0 Å². The monoisotopic (exact) mass is 345 g/mol. The summed E-state index contributed by atoms with van der Waals surface area (Å²) in [5.74, 6) is 0.396. The SMILES string of the molecule is COCC(CNC(C)(C)C)COCCCOCCCCC(C)(C)C. The minimum Gasteiger partial charge on any atom is -0.384 e. The fraction of sp³-hybridized carbons (Fsp3) is 1.00. The molecule has 1 N–H and O–H groups in total. The molecule has 0 aromatic rings. The Labute approximate surface area is 151 Å². The average molecular weight is 346 g/mol. The zero-order valence-corrected chi connectivity index (χ0v) is 17.4. The van der Waals surface area contributed by atoms with Crippen LogP contribution in [0.1, 0.15) is 67.2 Å². The highest BCUT2D eigenvalue weighted by Gasteiger charge is 2.14. The van der Waals surface area contributed by atoms with Crippen LogP contribution in [0, 0.1) is 11.3 Å². The van der Waals surface area contributed by atoms with Crippen LogP contribution >= 0.6 is 0 Å². The summed E-state index contributed by atoms with van der Waals surface area (Å²) in [6.07, 6.45) is 4.64. The zero-order valence-electron chi connectivity index (χ0n) is 17.4. The van der Waals surface area contributed by atoms with Gasteiger partial charge in [0, 0.05) is 44.9 Å². The third-order valence-electron chi connectivity index (χ3n) is 3.72. The molecular formula is C20H43NO3. The van der Waals surface area contributed by atoms with Crippen molar-refractivity contribution in [1.29, 1.82) is 0 Å². The van der Waals surface area contributed by atoms with Crippen molar-refractivity contribution in [3.05, 3.63) is 0 Å². The van der Waals surface area contributed by atoms with Gasteiger partial charge in [-0.25, -0.2) is 0 Å². The number of methoxy groups -OCH3 is 1. The van der Waals surface area contributed by atoms with Gasteiger partial charge in [0.2, 0.25) is 0 Å². The first-order chi connectivity index (χ1) is 11.1. The third kappa shape index (κ3) is 18.2. The van der Waals surface area contributed by atoms with Gasteiger partial charge in [-0.15, -0.1) is 0 Å². The highest BCUT2D eigenvalue weighted by molar-refractivity contribution is 4.73. The Bertz CT molecular complexity index is 282. The van der Waals surface area contributed by atoms with Gasteiger partial charge in [-0.2, -0.15) is 0 Å². The van der Waals surface area contributed by atoms with Gasteiger partial charge in [-0.1, -0.05) is 27.2 Å². The van der Waals surface area contributed by atoms with Crippen LogP contribution in [-0.4, -0.2) is 52.2 Å². The van der Waals surface area contributed by atoms with Crippen molar-refractivity contribution >= 4 is 0 Å². The number of ether oxygens (including phenoxy) is 3. The van der Waals surface area contributed by atoms with Gasteiger partial charge < -0.3 is 19.5 Å². The molecule has 0 aromatic carbocycles. The maximum atomic E-state index is 5.79. The Balaban J connectivity index is 3.51. The van der Waals surface area contributed by atoms with E-state index in [9.17, 15) is 0 Å². The number of hydrogen-bond acceptors (Lipinski definition) is 4. The van der Waals surface area contributed by atoms with Gasteiger partial charge in [0.05, 0.1) is 13.2 Å². The van der Waals surface area contributed by atoms with Crippen LogP contribution in [-0.2, 0) is 14.2 Å². The Hall–Kier alpha value is -0.160. The highest BCUT2D eigenvalue weighted by Crippen LogP contribution is 2.21. The molecule has 0 rings (SSSR count). The van der Waals surface area contributed by atoms with Crippen molar-refractivity contribution in [2.45, 2.75) is 72.8 Å². The molecule has 24 heavy (non-hydrogen) atoms. The number of nitrogens with one attached hydrogen (secondary N) is 1. The summed E-state index contributed by atoms with van der Waals surface area (Å²) in [6, 6.07) is 0. The van der Waals surface area contributed by atoms with Crippen molar-refractivity contribution in [2.75, 3.05) is 46.7 Å². The van der Waals surface area contributed by atoms with Crippen molar-refractivity contribution in [1.82, 2.24) is 5.32 Å². The van der Waals surface area contributed by atoms with E-state index in [2.05, 4.69) is 46.9 Å². The summed E-state index contributed by atoms with van der Waals surface area (Å²) >= 11 is 0. The van der Waals surface area contributed by atoms with Gasteiger partial charge in [0.1, 0.15) is 0 Å². The maximum Gasteiger partial charge on any atom is 0.0528 e. The largest absolute Gasteiger partial charge is 0.384 e. The molecule has 1 atom stereocenters. The molecule has 4 nitrogen and oxygen atoms in total. The van der Waals surface area contributed by atoms with Crippen molar-refractivity contribution in [3.8, 4) is 0 Å². The smallest absolute Gasteiger partial charge is 0.0528 e. The molecule has 0 bridgehead atoms. The van der Waals surface area contributed by atoms with E-state index in [-0.39, 0.29) is 5.54 Å². The molecule has 0 amide bonds. The summed E-state index contributed by atoms with van der Waals surface area (Å²) in [5.41, 5.74) is 0.571. The zero-order chi connectivity index (χ0) is 18.5. The standard InChI is InChI=1S/C20H43NO3/c1-19(2,3)11-8-9-12-23-13-10-14-24-17-18(16-22-7)15-21-20(4,5)6/h18,21H,8-17H2,1-7H3. The molecule has 146 valence electrons. The van der Waals surface area contributed by atoms with E-state index in [1.54, 1.807) is 7.11 Å². The molecule has 1 unspecified atom stereocenters. The molecule has 0 heterocycles. The highest BCUT2D eigenvalue weighted by atomic mass is 16.5. The van der Waals surface area contributed by atoms with Gasteiger partial charge >= 0.3 is 0 Å². The van der Waals surface area contributed by atoms with Crippen LogP contribution < -0.4 is 5.32 Å². The van der Waals surface area contributed by atoms with Crippen LogP contribution in [0.3, 0.4) is 0 Å². The van der Waals surface area contributed by atoms with E-state index < -0.39 is 0 Å². The lowest BCUT2D eigenvalue weighted by Gasteiger charge is -2.25. The lowest BCUT2D eigenvalue weighted by atomic mass is 9.90. The van der Waals surface area contributed by atoms with Crippen LogP contribution in [0.5, 0.6) is 0 Å². The van der Waals surface area contributed by atoms with Gasteiger partial charge in [-0.3, -0.25) is 0 Å². The van der Waals surface area contributed by atoms with Crippen LogP contribution in [0.4, 0.5) is 0 Å². The molecule has 0 saturated carbocycles. The average Bonchev–Trinajstić information content (AvgIpc) is 2.44. The second kappa shape index (κ2) is 13.1. The normalized spacial score (nSPS) is 14.1. The minimum absolute atomic E-state index is 0.132. The van der Waals surface area contributed by atoms with E-state index in [0.29, 0.717) is 11.3 Å². The maximum absolute atomic E-state index is 5.79. The third-order valence-corrected chi connectivity index (χ3v) is 3.72. The molecule has 0 spiro atoms. The molecule has 0 aliphatic rings. The molecular weight excluding hydrogens is 302 g/mol. The van der Waals surface area contributed by atoms with E-state index in [4.69, 9.17) is 14.2 Å². The molecule has 0 fully saturated rings. The van der Waals surface area contributed by atoms with Crippen molar-refractivity contribution < 1.29 is 14.2 Å². The minimum atomic E-state index is 0.132. The molecule has 0 aromatic heterocycles. The first-order valence-corrected chi connectivity index (χ1v) is 9.53. The summed E-state index contributed by atoms with van der Waals surface area (Å²) < 4.78 is 16.7. The quantitative estimate of drug-likeness (QED) is 0.477. The second-order valence-corrected chi connectivity index (χ2v) is 9.01. The summed E-state index contributed by atoms with van der Waals surface area (Å²) in [7, 11) is 1.75. The molecule has 0 radical (unpaired) electrons. The second-order valence-electron chi connectivity index (χ2n) is 9.01. The summed E-state index contributed by atoms with van der Waals surface area (Å²) in [5, 5.41) is 3.51. The first-order valence-electron chi connectivity index (χ1n) is 9.53. The van der Waals surface area contributed by atoms with Gasteiger partial charge in [-0.05, 0) is 45.4 Å². The Morgan fingerprint density at radius 3 is 2.00 bits per heavy atom. The lowest BCUT2D eigenvalue weighted by molar-refractivity contribution is 0.0399. The lowest BCUT2D eigenvalue weighted by Crippen LogP contribution is -2.41. The molecule has 4 heteroatoms. The molecule has 0 aliphatic carbocycles. The Morgan fingerprint density at radius 2 is 1.42 bits per heavy atom. The van der Waals surface area contributed by atoms with E-state index >= 15 is 0 Å². The van der Waals surface area contributed by atoms with Crippen molar-refractivity contribution in [3.63, 3.8) is 0 Å². The van der Waals surface area contributed by atoms with Crippen LogP contribution in [0.15, 0.2) is 0 Å². The predicted octanol–water partition coefficient (Wildman–Crippen LogP) is 4.28. The van der Waals surface area contributed by atoms with Crippen LogP contribution in [0.2, 0.25) is 0 Å². The van der Waals surface area contributed by atoms with Crippen LogP contribution in [0.25, 0.3) is 0 Å². The topological polar surface area (TPSA) is 39.7 Å². The van der Waals surface area contributed by atoms with E-state index in [1.807, 2.05) is 0 Å². The van der Waals surface area contributed by atoms with E-state index in [1.165, 1.54) is 12.8 Å². The number of unbranched alkanes of at least 4 members (excludes halogenated alkanes) is 1. The fourth-order valence-electron chi connectivity index (χ4n) is 2.33.